The van der Waals surface area contributed by atoms with Crippen molar-refractivity contribution in [3.05, 3.63) is 27.8 Å². The Kier molecular flexibility index (Phi) is 2.89. The van der Waals surface area contributed by atoms with Gasteiger partial charge in [-0.25, -0.2) is 0 Å². The minimum absolute atomic E-state index is 0.151. The number of phenolic OH excluding ortho intramolecular Hbond substituents is 1. The molecule has 0 radical (unpaired) electrons. The second kappa shape index (κ2) is 4.03. The Morgan fingerprint density at radius 3 is 2.87 bits per heavy atom. The van der Waals surface area contributed by atoms with E-state index in [0.29, 0.717) is 11.4 Å². The number of hydrogen-bond acceptors (Lipinski definition) is 2. The predicted octanol–water partition coefficient (Wildman–Crippen LogP) is 2.46. The molecule has 1 aromatic rings. The van der Waals surface area contributed by atoms with Crippen LogP contribution in [-0.4, -0.2) is 16.3 Å². The Hall–Kier alpha value is -0.730. The summed E-state index contributed by atoms with van der Waals surface area (Å²) < 4.78 is 0. The molecule has 1 aliphatic rings. The number of aryl methyl sites for hydroxylation is 1. The molecule has 1 unspecified atom stereocenters. The van der Waals surface area contributed by atoms with Crippen molar-refractivity contribution in [1.82, 2.24) is 0 Å². The monoisotopic (exact) mass is 226 g/mol. The molecule has 3 heteroatoms. The van der Waals surface area contributed by atoms with E-state index in [1.807, 2.05) is 6.07 Å². The van der Waals surface area contributed by atoms with Gasteiger partial charge in [0.15, 0.2) is 0 Å². The Labute approximate surface area is 94.5 Å². The van der Waals surface area contributed by atoms with Crippen LogP contribution in [0.25, 0.3) is 0 Å². The van der Waals surface area contributed by atoms with E-state index in [1.54, 1.807) is 6.92 Å². The first-order valence-corrected chi connectivity index (χ1v) is 5.67. The van der Waals surface area contributed by atoms with Gasteiger partial charge in [-0.15, -0.1) is 0 Å². The van der Waals surface area contributed by atoms with Crippen LogP contribution >= 0.6 is 11.6 Å². The first-order chi connectivity index (χ1) is 7.09. The third-order valence-corrected chi connectivity index (χ3v) is 3.31. The molecule has 0 bridgehead atoms. The summed E-state index contributed by atoms with van der Waals surface area (Å²) >= 11 is 6.10. The second-order valence-corrected chi connectivity index (χ2v) is 4.62. The Balaban J connectivity index is 2.44. The standard InChI is InChI=1S/C12H15ClO2/c1-7(14)5-9-6-8-3-2-4-10(8)11(13)12(9)15/h6-7,14-15H,2-5H2,1H3. The highest BCUT2D eigenvalue weighted by Crippen LogP contribution is 2.38. The van der Waals surface area contributed by atoms with Crippen LogP contribution in [0.15, 0.2) is 6.07 Å². The largest absolute Gasteiger partial charge is 0.506 e. The van der Waals surface area contributed by atoms with Gasteiger partial charge in [0.25, 0.3) is 0 Å². The molecular formula is C12H15ClO2. The highest BCUT2D eigenvalue weighted by atomic mass is 35.5. The average molecular weight is 227 g/mol. The van der Waals surface area contributed by atoms with E-state index in [2.05, 4.69) is 0 Å². The van der Waals surface area contributed by atoms with Gasteiger partial charge in [0.05, 0.1) is 11.1 Å². The molecule has 0 aliphatic heterocycles. The Morgan fingerprint density at radius 1 is 1.47 bits per heavy atom. The minimum atomic E-state index is -0.452. The molecular weight excluding hydrogens is 212 g/mol. The fourth-order valence-corrected chi connectivity index (χ4v) is 2.55. The topological polar surface area (TPSA) is 40.5 Å². The van der Waals surface area contributed by atoms with Crippen molar-refractivity contribution < 1.29 is 10.2 Å². The summed E-state index contributed by atoms with van der Waals surface area (Å²) in [6.45, 7) is 1.71. The van der Waals surface area contributed by atoms with Gasteiger partial charge in [-0.2, -0.15) is 0 Å². The normalized spacial score (nSPS) is 16.5. The van der Waals surface area contributed by atoms with Gasteiger partial charge < -0.3 is 10.2 Å². The molecule has 0 saturated heterocycles. The zero-order valence-corrected chi connectivity index (χ0v) is 9.51. The highest BCUT2D eigenvalue weighted by molar-refractivity contribution is 6.33. The van der Waals surface area contributed by atoms with Crippen LogP contribution in [0.3, 0.4) is 0 Å². The molecule has 2 rings (SSSR count). The molecule has 15 heavy (non-hydrogen) atoms. The Morgan fingerprint density at radius 2 is 2.20 bits per heavy atom. The number of rotatable bonds is 2. The first-order valence-electron chi connectivity index (χ1n) is 5.29. The first kappa shape index (κ1) is 10.8. The van der Waals surface area contributed by atoms with Crippen LogP contribution in [0.4, 0.5) is 0 Å². The smallest absolute Gasteiger partial charge is 0.137 e. The van der Waals surface area contributed by atoms with E-state index in [1.165, 1.54) is 5.56 Å². The fourth-order valence-electron chi connectivity index (χ4n) is 2.21. The van der Waals surface area contributed by atoms with Gasteiger partial charge in [-0.1, -0.05) is 17.7 Å². The zero-order valence-electron chi connectivity index (χ0n) is 8.76. The van der Waals surface area contributed by atoms with Crippen molar-refractivity contribution >= 4 is 11.6 Å². The van der Waals surface area contributed by atoms with Gasteiger partial charge in [0.1, 0.15) is 5.75 Å². The van der Waals surface area contributed by atoms with E-state index in [9.17, 15) is 10.2 Å². The number of phenols is 1. The number of benzene rings is 1. The van der Waals surface area contributed by atoms with Crippen molar-refractivity contribution in [3.8, 4) is 5.75 Å². The second-order valence-electron chi connectivity index (χ2n) is 4.24. The highest BCUT2D eigenvalue weighted by Gasteiger charge is 2.20. The summed E-state index contributed by atoms with van der Waals surface area (Å²) in [7, 11) is 0. The van der Waals surface area contributed by atoms with Gasteiger partial charge in [0.2, 0.25) is 0 Å². The molecule has 0 aromatic heterocycles. The summed E-state index contributed by atoms with van der Waals surface area (Å²) in [6, 6.07) is 1.98. The van der Waals surface area contributed by atoms with E-state index in [4.69, 9.17) is 11.6 Å². The number of aromatic hydroxyl groups is 1. The van der Waals surface area contributed by atoms with Crippen molar-refractivity contribution in [3.63, 3.8) is 0 Å². The lowest BCUT2D eigenvalue weighted by Gasteiger charge is -2.12. The van der Waals surface area contributed by atoms with Crippen molar-refractivity contribution in [2.24, 2.45) is 0 Å². The molecule has 2 N–H and O–H groups in total. The van der Waals surface area contributed by atoms with E-state index in [0.717, 1.165) is 30.4 Å². The molecule has 2 nitrogen and oxygen atoms in total. The van der Waals surface area contributed by atoms with Gasteiger partial charge in [-0.3, -0.25) is 0 Å². The number of halogens is 1. The number of aliphatic hydroxyl groups is 1. The minimum Gasteiger partial charge on any atom is -0.506 e. The van der Waals surface area contributed by atoms with Crippen LogP contribution in [0.5, 0.6) is 5.75 Å². The van der Waals surface area contributed by atoms with E-state index < -0.39 is 6.10 Å². The molecule has 0 heterocycles. The molecule has 0 spiro atoms. The van der Waals surface area contributed by atoms with Gasteiger partial charge in [-0.05, 0) is 42.9 Å². The summed E-state index contributed by atoms with van der Waals surface area (Å²) in [5.41, 5.74) is 3.08. The van der Waals surface area contributed by atoms with E-state index >= 15 is 0 Å². The third-order valence-electron chi connectivity index (χ3n) is 2.90. The molecule has 0 saturated carbocycles. The number of aliphatic hydroxyl groups excluding tert-OH is 1. The van der Waals surface area contributed by atoms with E-state index in [-0.39, 0.29) is 5.75 Å². The molecule has 0 fully saturated rings. The maximum atomic E-state index is 9.87. The van der Waals surface area contributed by atoms with Gasteiger partial charge in [0, 0.05) is 6.42 Å². The van der Waals surface area contributed by atoms with Gasteiger partial charge >= 0.3 is 0 Å². The number of fused-ring (bicyclic) bond motifs is 1. The van der Waals surface area contributed by atoms with Crippen LogP contribution < -0.4 is 0 Å². The fraction of sp³-hybridized carbons (Fsp3) is 0.500. The van der Waals surface area contributed by atoms with Crippen LogP contribution in [0.2, 0.25) is 5.02 Å². The van der Waals surface area contributed by atoms with Crippen molar-refractivity contribution in [1.29, 1.82) is 0 Å². The molecule has 82 valence electrons. The summed E-state index contributed by atoms with van der Waals surface area (Å²) in [6.07, 6.45) is 3.09. The molecule has 1 aromatic carbocycles. The summed E-state index contributed by atoms with van der Waals surface area (Å²) in [4.78, 5) is 0. The van der Waals surface area contributed by atoms with Crippen LogP contribution in [0.1, 0.15) is 30.0 Å². The SMILES string of the molecule is CC(O)Cc1cc2c(c(Cl)c1O)CCC2. The summed E-state index contributed by atoms with van der Waals surface area (Å²) in [5.74, 6) is 0.151. The zero-order chi connectivity index (χ0) is 11.0. The molecule has 0 amide bonds. The predicted molar refractivity (Wildman–Crippen MR) is 60.5 cm³/mol. The maximum Gasteiger partial charge on any atom is 0.137 e. The Bertz CT molecular complexity index is 386. The lowest BCUT2D eigenvalue weighted by atomic mass is 10.0. The molecule has 1 aliphatic carbocycles. The van der Waals surface area contributed by atoms with Crippen LogP contribution in [-0.2, 0) is 19.3 Å². The summed E-state index contributed by atoms with van der Waals surface area (Å²) in [5, 5.41) is 19.7. The lowest BCUT2D eigenvalue weighted by molar-refractivity contribution is 0.194. The quantitative estimate of drug-likeness (QED) is 0.814. The third kappa shape index (κ3) is 1.97. The van der Waals surface area contributed by atoms with Crippen molar-refractivity contribution in [2.45, 2.75) is 38.7 Å². The lowest BCUT2D eigenvalue weighted by Crippen LogP contribution is -2.05. The van der Waals surface area contributed by atoms with Crippen LogP contribution in [0, 0.1) is 0 Å². The van der Waals surface area contributed by atoms with Crippen molar-refractivity contribution in [2.75, 3.05) is 0 Å². The number of hydrogen-bond donors (Lipinski definition) is 2. The molecule has 1 atom stereocenters. The maximum absolute atomic E-state index is 9.87. The average Bonchev–Trinajstić information content (AvgIpc) is 2.61.